The average molecular weight is 242 g/mol. The van der Waals surface area contributed by atoms with Crippen molar-refractivity contribution in [1.29, 1.82) is 0 Å². The molecule has 7 heteroatoms. The lowest BCUT2D eigenvalue weighted by Gasteiger charge is -2.02. The van der Waals surface area contributed by atoms with Crippen LogP contribution in [0.2, 0.25) is 0 Å². The van der Waals surface area contributed by atoms with Gasteiger partial charge in [-0.3, -0.25) is 9.59 Å². The van der Waals surface area contributed by atoms with Crippen molar-refractivity contribution in [1.82, 2.24) is 5.32 Å². The highest BCUT2D eigenvalue weighted by Gasteiger charge is 2.00. The number of nitrogens with one attached hydrogen (secondary N) is 1. The van der Waals surface area contributed by atoms with Gasteiger partial charge in [-0.15, -0.1) is 0 Å². The molecular formula is C10H18N4O3. The number of carbonyl (C=O) groups excluding carboxylic acids is 1. The SMILES string of the molecule is [N-]=[N+]=NCCNC(=O)CCCCCCC(=O)O. The van der Waals surface area contributed by atoms with Gasteiger partial charge in [0.2, 0.25) is 5.91 Å². The second-order valence-corrected chi connectivity index (χ2v) is 3.61. The third-order valence-corrected chi connectivity index (χ3v) is 2.14. The molecule has 0 aromatic heterocycles. The number of azide groups is 1. The molecule has 0 aromatic carbocycles. The largest absolute Gasteiger partial charge is 0.481 e. The molecule has 1 amide bonds. The van der Waals surface area contributed by atoms with Crippen LogP contribution < -0.4 is 5.32 Å². The Balaban J connectivity index is 3.27. The highest BCUT2D eigenvalue weighted by atomic mass is 16.4. The van der Waals surface area contributed by atoms with Crippen molar-refractivity contribution in [2.75, 3.05) is 13.1 Å². The van der Waals surface area contributed by atoms with Crippen LogP contribution in [0.4, 0.5) is 0 Å². The van der Waals surface area contributed by atoms with E-state index in [1.54, 1.807) is 0 Å². The molecule has 96 valence electrons. The minimum absolute atomic E-state index is 0.0589. The van der Waals surface area contributed by atoms with Gasteiger partial charge in [0.05, 0.1) is 0 Å². The zero-order valence-corrected chi connectivity index (χ0v) is 9.76. The lowest BCUT2D eigenvalue weighted by Crippen LogP contribution is -2.25. The van der Waals surface area contributed by atoms with Gasteiger partial charge in [0.1, 0.15) is 0 Å². The van der Waals surface area contributed by atoms with Crippen molar-refractivity contribution < 1.29 is 14.7 Å². The van der Waals surface area contributed by atoms with E-state index in [0.717, 1.165) is 19.3 Å². The Morgan fingerprint density at radius 2 is 1.82 bits per heavy atom. The lowest BCUT2D eigenvalue weighted by molar-refractivity contribution is -0.137. The molecule has 7 nitrogen and oxygen atoms in total. The number of hydrogen-bond acceptors (Lipinski definition) is 3. The first kappa shape index (κ1) is 15.2. The van der Waals surface area contributed by atoms with Gasteiger partial charge in [0.15, 0.2) is 0 Å². The van der Waals surface area contributed by atoms with E-state index in [1.165, 1.54) is 0 Å². The molecule has 0 unspecified atom stereocenters. The topological polar surface area (TPSA) is 115 Å². The predicted octanol–water partition coefficient (Wildman–Crippen LogP) is 1.84. The van der Waals surface area contributed by atoms with Crippen LogP contribution in [-0.4, -0.2) is 30.1 Å². The summed E-state index contributed by atoms with van der Waals surface area (Å²) in [6, 6.07) is 0. The molecule has 0 bridgehead atoms. The molecule has 0 rings (SSSR count). The number of aliphatic carboxylic acids is 1. The Morgan fingerprint density at radius 1 is 1.18 bits per heavy atom. The molecule has 0 saturated heterocycles. The minimum atomic E-state index is -0.777. The molecule has 0 fully saturated rings. The first-order chi connectivity index (χ1) is 8.16. The van der Waals surface area contributed by atoms with E-state index in [9.17, 15) is 9.59 Å². The summed E-state index contributed by atoms with van der Waals surface area (Å²) in [6.07, 6.45) is 3.73. The summed E-state index contributed by atoms with van der Waals surface area (Å²) in [5, 5.41) is 14.3. The normalized spacial score (nSPS) is 9.41. The molecule has 0 atom stereocenters. The minimum Gasteiger partial charge on any atom is -0.481 e. The number of unbranched alkanes of at least 4 members (excludes halogenated alkanes) is 3. The number of carboxylic acid groups (broad SMARTS) is 1. The maximum atomic E-state index is 11.2. The number of carbonyl (C=O) groups is 2. The average Bonchev–Trinajstić information content (AvgIpc) is 2.29. The van der Waals surface area contributed by atoms with Crippen molar-refractivity contribution in [2.45, 2.75) is 38.5 Å². The summed E-state index contributed by atoms with van der Waals surface area (Å²) < 4.78 is 0. The zero-order chi connectivity index (χ0) is 12.9. The number of amides is 1. The maximum absolute atomic E-state index is 11.2. The number of rotatable bonds is 10. The van der Waals surface area contributed by atoms with Crippen LogP contribution in [0.5, 0.6) is 0 Å². The van der Waals surface area contributed by atoms with Crippen LogP contribution in [0.3, 0.4) is 0 Å². The van der Waals surface area contributed by atoms with Crippen molar-refractivity contribution in [2.24, 2.45) is 5.11 Å². The third-order valence-electron chi connectivity index (χ3n) is 2.14. The summed E-state index contributed by atoms with van der Waals surface area (Å²) in [7, 11) is 0. The van der Waals surface area contributed by atoms with E-state index in [1.807, 2.05) is 0 Å². The molecule has 0 saturated carbocycles. The molecule has 2 N–H and O–H groups in total. The second-order valence-electron chi connectivity index (χ2n) is 3.61. The first-order valence-corrected chi connectivity index (χ1v) is 5.66. The molecule has 17 heavy (non-hydrogen) atoms. The summed E-state index contributed by atoms with van der Waals surface area (Å²) in [4.78, 5) is 24.0. The highest BCUT2D eigenvalue weighted by Crippen LogP contribution is 2.05. The van der Waals surface area contributed by atoms with Crippen LogP contribution in [0.15, 0.2) is 5.11 Å². The van der Waals surface area contributed by atoms with Crippen LogP contribution in [0, 0.1) is 0 Å². The van der Waals surface area contributed by atoms with E-state index in [4.69, 9.17) is 10.6 Å². The van der Waals surface area contributed by atoms with Crippen LogP contribution >= 0.6 is 0 Å². The van der Waals surface area contributed by atoms with E-state index in [-0.39, 0.29) is 18.9 Å². The standard InChI is InChI=1S/C10H18N4O3/c11-14-13-8-7-12-9(15)5-3-1-2-4-6-10(16)17/h1-8H2,(H,12,15)(H,16,17). The van der Waals surface area contributed by atoms with Crippen LogP contribution in [0.1, 0.15) is 38.5 Å². The van der Waals surface area contributed by atoms with Crippen molar-refractivity contribution in [3.8, 4) is 0 Å². The third kappa shape index (κ3) is 12.2. The van der Waals surface area contributed by atoms with E-state index in [2.05, 4.69) is 15.3 Å². The fourth-order valence-electron chi connectivity index (χ4n) is 1.29. The summed E-state index contributed by atoms with van der Waals surface area (Å²) >= 11 is 0. The first-order valence-electron chi connectivity index (χ1n) is 5.66. The second kappa shape index (κ2) is 10.8. The Morgan fingerprint density at radius 3 is 2.41 bits per heavy atom. The Bertz CT molecular complexity index is 287. The summed E-state index contributed by atoms with van der Waals surface area (Å²) in [5.74, 6) is -0.836. The fraction of sp³-hybridized carbons (Fsp3) is 0.800. The summed E-state index contributed by atoms with van der Waals surface area (Å²) in [5.41, 5.74) is 8.00. The van der Waals surface area contributed by atoms with E-state index < -0.39 is 5.97 Å². The maximum Gasteiger partial charge on any atom is 0.303 e. The van der Waals surface area contributed by atoms with Gasteiger partial charge < -0.3 is 10.4 Å². The molecule has 0 radical (unpaired) electrons. The van der Waals surface area contributed by atoms with E-state index >= 15 is 0 Å². The molecule has 0 aliphatic heterocycles. The molecule has 0 aromatic rings. The Kier molecular flexibility index (Phi) is 9.65. The zero-order valence-electron chi connectivity index (χ0n) is 9.76. The smallest absolute Gasteiger partial charge is 0.303 e. The lowest BCUT2D eigenvalue weighted by atomic mass is 10.1. The molecule has 0 aliphatic carbocycles. The van der Waals surface area contributed by atoms with Gasteiger partial charge >= 0.3 is 5.97 Å². The van der Waals surface area contributed by atoms with Crippen LogP contribution in [-0.2, 0) is 9.59 Å². The monoisotopic (exact) mass is 242 g/mol. The summed E-state index contributed by atoms with van der Waals surface area (Å²) in [6.45, 7) is 0.628. The number of hydrogen-bond donors (Lipinski definition) is 2. The Labute approximate surface area is 99.8 Å². The molecule has 0 aliphatic rings. The molecular weight excluding hydrogens is 224 g/mol. The quantitative estimate of drug-likeness (QED) is 0.263. The van der Waals surface area contributed by atoms with Gasteiger partial charge in [-0.1, -0.05) is 18.0 Å². The van der Waals surface area contributed by atoms with Crippen molar-refractivity contribution in [3.63, 3.8) is 0 Å². The highest BCUT2D eigenvalue weighted by molar-refractivity contribution is 5.75. The van der Waals surface area contributed by atoms with Gasteiger partial charge in [-0.25, -0.2) is 0 Å². The van der Waals surface area contributed by atoms with Gasteiger partial charge in [-0.2, -0.15) is 0 Å². The van der Waals surface area contributed by atoms with Crippen LogP contribution in [0.25, 0.3) is 10.4 Å². The molecule has 0 spiro atoms. The Hall–Kier alpha value is -1.75. The van der Waals surface area contributed by atoms with Gasteiger partial charge in [0, 0.05) is 30.8 Å². The predicted molar refractivity (Wildman–Crippen MR) is 62.4 cm³/mol. The fourth-order valence-corrected chi connectivity index (χ4v) is 1.29. The van der Waals surface area contributed by atoms with Crippen molar-refractivity contribution >= 4 is 11.9 Å². The van der Waals surface area contributed by atoms with E-state index in [0.29, 0.717) is 19.4 Å². The number of nitrogens with zero attached hydrogens (tertiary/aromatic N) is 3. The number of carboxylic acids is 1. The van der Waals surface area contributed by atoms with Gasteiger partial charge in [-0.05, 0) is 18.4 Å². The van der Waals surface area contributed by atoms with Gasteiger partial charge in [0.25, 0.3) is 0 Å². The molecule has 0 heterocycles. The van der Waals surface area contributed by atoms with Crippen molar-refractivity contribution in [3.05, 3.63) is 10.4 Å².